The zero-order chi connectivity index (χ0) is 20.5. The maximum atomic E-state index is 9.53. The molecular weight excluding hydrogens is 390 g/mol. The van der Waals surface area contributed by atoms with E-state index >= 15 is 0 Å². The quantitative estimate of drug-likeness (QED) is 0.407. The number of phenolic OH excluding ortho intramolecular Hbond substituents is 1. The number of hydrogen-bond donors (Lipinski definition) is 2. The second kappa shape index (κ2) is 8.09. The van der Waals surface area contributed by atoms with E-state index in [4.69, 9.17) is 4.98 Å². The number of thiophene rings is 1. The summed E-state index contributed by atoms with van der Waals surface area (Å²) in [5.41, 5.74) is 4.85. The average Bonchev–Trinajstić information content (AvgIpc) is 3.25. The Morgan fingerprint density at radius 2 is 1.73 bits per heavy atom. The molecule has 30 heavy (non-hydrogen) atoms. The van der Waals surface area contributed by atoms with Crippen molar-refractivity contribution in [1.29, 1.82) is 0 Å². The Bertz CT molecular complexity index is 1130. The Kier molecular flexibility index (Phi) is 5.15. The van der Waals surface area contributed by atoms with E-state index in [0.29, 0.717) is 6.04 Å². The van der Waals surface area contributed by atoms with Crippen LogP contribution >= 0.6 is 11.3 Å². The highest BCUT2D eigenvalue weighted by molar-refractivity contribution is 7.17. The summed E-state index contributed by atoms with van der Waals surface area (Å²) in [5, 5.41) is 16.4. The number of piperazine rings is 1. The maximum Gasteiger partial charge on any atom is 0.138 e. The smallest absolute Gasteiger partial charge is 0.138 e. The first-order chi connectivity index (χ1) is 14.7. The molecule has 3 aliphatic rings. The average molecular weight is 416 g/mol. The van der Waals surface area contributed by atoms with Crippen LogP contribution in [0.4, 0.5) is 5.82 Å². The van der Waals surface area contributed by atoms with Crippen molar-refractivity contribution in [3.63, 3.8) is 0 Å². The number of aromatic hydroxyl groups is 1. The van der Waals surface area contributed by atoms with Crippen LogP contribution in [0.25, 0.3) is 32.5 Å². The predicted octanol–water partition coefficient (Wildman–Crippen LogP) is 5.52. The fourth-order valence-corrected chi connectivity index (χ4v) is 4.83. The van der Waals surface area contributed by atoms with Crippen LogP contribution in [-0.2, 0) is 0 Å². The molecule has 1 unspecified atom stereocenters. The molecule has 3 heterocycles. The summed E-state index contributed by atoms with van der Waals surface area (Å²) >= 11 is 1.75. The number of benzene rings is 2. The van der Waals surface area contributed by atoms with E-state index in [1.807, 2.05) is 12.1 Å². The Balaban J connectivity index is 0.000000272. The monoisotopic (exact) mass is 415 g/mol. The minimum Gasteiger partial charge on any atom is -0.508 e. The summed E-state index contributed by atoms with van der Waals surface area (Å²) < 4.78 is 1.26. The number of nitrogens with zero attached hydrogens (tertiary/aromatic N) is 2. The molecular formula is C25H25N3OS. The summed E-state index contributed by atoms with van der Waals surface area (Å²) in [6, 6.07) is 20.6. The van der Waals surface area contributed by atoms with Crippen LogP contribution in [0, 0.1) is 0 Å². The normalized spacial score (nSPS) is 16.8. The van der Waals surface area contributed by atoms with Crippen LogP contribution in [0.2, 0.25) is 0 Å². The van der Waals surface area contributed by atoms with Gasteiger partial charge in [-0.3, -0.25) is 0 Å². The molecule has 0 saturated carbocycles. The highest BCUT2D eigenvalue weighted by Gasteiger charge is 2.24. The first-order valence-corrected chi connectivity index (χ1v) is 11.4. The molecule has 1 atom stereocenters. The maximum absolute atomic E-state index is 9.53. The number of anilines is 1. The van der Waals surface area contributed by atoms with Gasteiger partial charge in [0.1, 0.15) is 11.6 Å². The molecule has 1 saturated heterocycles. The summed E-state index contributed by atoms with van der Waals surface area (Å²) in [5.74, 6) is 1.37. The van der Waals surface area contributed by atoms with Crippen molar-refractivity contribution in [1.82, 2.24) is 10.3 Å². The van der Waals surface area contributed by atoms with E-state index in [2.05, 4.69) is 58.9 Å². The van der Waals surface area contributed by atoms with E-state index in [0.717, 1.165) is 43.1 Å². The lowest BCUT2D eigenvalue weighted by Crippen LogP contribution is -2.51. The molecule has 0 spiro atoms. The molecule has 6 rings (SSSR count). The van der Waals surface area contributed by atoms with Crippen LogP contribution in [0.3, 0.4) is 0 Å². The Morgan fingerprint density at radius 1 is 1.03 bits per heavy atom. The van der Waals surface area contributed by atoms with Gasteiger partial charge in [-0.1, -0.05) is 31.2 Å². The lowest BCUT2D eigenvalue weighted by Gasteiger charge is -2.37. The van der Waals surface area contributed by atoms with Crippen LogP contribution in [0.1, 0.15) is 13.3 Å². The summed E-state index contributed by atoms with van der Waals surface area (Å²) in [6.07, 6.45) is 1.10. The molecule has 0 amide bonds. The van der Waals surface area contributed by atoms with Gasteiger partial charge in [-0.05, 0) is 59.3 Å². The summed E-state index contributed by atoms with van der Waals surface area (Å²) in [6.45, 7) is 5.22. The zero-order valence-electron chi connectivity index (χ0n) is 17.0. The topological polar surface area (TPSA) is 48.4 Å². The first kappa shape index (κ1) is 19.1. The standard InChI is InChI=1S/C19H21N3OS.C6H4/c1-2-14-12-20-8-9-22(14)19-16-7-10-24-18(16)11-17(21-19)13-3-5-15(23)6-4-13;1-2-6-4-3-5(1)6/h3-7,10-11,14,20,23H,2,8-9,12H2,1H3;1-4H. The number of hydrogen-bond acceptors (Lipinski definition) is 5. The second-order valence-corrected chi connectivity index (χ2v) is 8.70. The number of rotatable bonds is 3. The summed E-state index contributed by atoms with van der Waals surface area (Å²) in [4.78, 5) is 7.47. The number of fused-ring (bicyclic) bond motifs is 2. The lowest BCUT2D eigenvalue weighted by molar-refractivity contribution is 0.464. The molecule has 2 aromatic heterocycles. The Labute approximate surface area is 180 Å². The fraction of sp³-hybridized carbons (Fsp3) is 0.240. The third kappa shape index (κ3) is 3.55. The SMILES string of the molecule is CCC1CNCCN1c1nc(-c2ccc(O)cc2)cc2sccc12.c1cc2ccc1-2. The molecule has 2 N–H and O–H groups in total. The van der Waals surface area contributed by atoms with Gasteiger partial charge in [-0.25, -0.2) is 4.98 Å². The Morgan fingerprint density at radius 3 is 2.37 bits per heavy atom. The van der Waals surface area contributed by atoms with E-state index in [9.17, 15) is 5.11 Å². The molecule has 5 heteroatoms. The highest BCUT2D eigenvalue weighted by atomic mass is 32.1. The van der Waals surface area contributed by atoms with Crippen LogP contribution in [0.5, 0.6) is 5.75 Å². The second-order valence-electron chi connectivity index (χ2n) is 7.75. The van der Waals surface area contributed by atoms with Crippen molar-refractivity contribution in [2.45, 2.75) is 19.4 Å². The van der Waals surface area contributed by atoms with Crippen molar-refractivity contribution < 1.29 is 5.11 Å². The number of aromatic nitrogens is 1. The van der Waals surface area contributed by atoms with Gasteiger partial charge in [-0.2, -0.15) is 0 Å². The van der Waals surface area contributed by atoms with Gasteiger partial charge in [0.15, 0.2) is 0 Å². The van der Waals surface area contributed by atoms with Crippen molar-refractivity contribution >= 4 is 27.2 Å². The third-order valence-electron chi connectivity index (χ3n) is 5.91. The largest absolute Gasteiger partial charge is 0.508 e. The van der Waals surface area contributed by atoms with Crippen LogP contribution in [0.15, 0.2) is 66.0 Å². The predicted molar refractivity (Wildman–Crippen MR) is 126 cm³/mol. The number of nitrogens with one attached hydrogen (secondary N) is 1. The van der Waals surface area contributed by atoms with E-state index in [1.54, 1.807) is 23.5 Å². The molecule has 152 valence electrons. The van der Waals surface area contributed by atoms with Gasteiger partial charge >= 0.3 is 0 Å². The van der Waals surface area contributed by atoms with E-state index in [1.165, 1.54) is 21.2 Å². The summed E-state index contributed by atoms with van der Waals surface area (Å²) in [7, 11) is 0. The molecule has 2 aliphatic carbocycles. The van der Waals surface area contributed by atoms with E-state index < -0.39 is 0 Å². The molecule has 3 aromatic rings. The van der Waals surface area contributed by atoms with Gasteiger partial charge in [0, 0.05) is 41.3 Å². The van der Waals surface area contributed by atoms with Crippen LogP contribution in [-0.4, -0.2) is 35.8 Å². The first-order valence-electron chi connectivity index (χ1n) is 10.5. The lowest BCUT2D eigenvalue weighted by atomic mass is 9.95. The molecule has 0 radical (unpaired) electrons. The molecule has 1 aliphatic heterocycles. The van der Waals surface area contributed by atoms with Gasteiger partial charge in [-0.15, -0.1) is 11.3 Å². The number of phenols is 1. The molecule has 1 aromatic carbocycles. The van der Waals surface area contributed by atoms with Gasteiger partial charge in [0.05, 0.1) is 5.69 Å². The molecule has 4 nitrogen and oxygen atoms in total. The molecule has 0 bridgehead atoms. The van der Waals surface area contributed by atoms with E-state index in [-0.39, 0.29) is 5.75 Å². The van der Waals surface area contributed by atoms with Gasteiger partial charge in [0.25, 0.3) is 0 Å². The van der Waals surface area contributed by atoms with Crippen molar-refractivity contribution in [2.24, 2.45) is 0 Å². The van der Waals surface area contributed by atoms with Crippen molar-refractivity contribution in [2.75, 3.05) is 24.5 Å². The minimum atomic E-state index is 0.282. The number of pyridine rings is 1. The van der Waals surface area contributed by atoms with Gasteiger partial charge < -0.3 is 15.3 Å². The molecule has 1 fully saturated rings. The van der Waals surface area contributed by atoms with Gasteiger partial charge in [0.2, 0.25) is 0 Å². The van der Waals surface area contributed by atoms with Crippen molar-refractivity contribution in [3.8, 4) is 28.1 Å². The zero-order valence-corrected chi connectivity index (χ0v) is 17.8. The van der Waals surface area contributed by atoms with Crippen LogP contribution < -0.4 is 10.2 Å². The minimum absolute atomic E-state index is 0.282. The highest BCUT2D eigenvalue weighted by Crippen LogP contribution is 2.35. The van der Waals surface area contributed by atoms with Crippen molar-refractivity contribution in [3.05, 3.63) is 66.0 Å². The fourth-order valence-electron chi connectivity index (χ4n) is 4.01. The third-order valence-corrected chi connectivity index (χ3v) is 6.77. The Hall–Kier alpha value is -2.89.